The van der Waals surface area contributed by atoms with Gasteiger partial charge in [0.05, 0.1) is 18.4 Å². The molecule has 2 heterocycles. The average molecular weight is 431 g/mol. The number of rotatable bonds is 7. The molecule has 9 nitrogen and oxygen atoms in total. The summed E-state index contributed by atoms with van der Waals surface area (Å²) < 4.78 is 8.22. The summed E-state index contributed by atoms with van der Waals surface area (Å²) in [5.41, 5.74) is 2.64. The van der Waals surface area contributed by atoms with Gasteiger partial charge >= 0.3 is 5.97 Å². The SMILES string of the molecule is COc1ccccc1-n1nc(-c2c(-c3ccccc3)nn(C)c2NCC(=O)O)ccc1=O. The maximum absolute atomic E-state index is 12.7. The van der Waals surface area contributed by atoms with Crippen molar-refractivity contribution in [2.24, 2.45) is 7.05 Å². The molecule has 0 aliphatic rings. The van der Waals surface area contributed by atoms with Crippen LogP contribution in [-0.2, 0) is 11.8 Å². The Balaban J connectivity index is 1.94. The summed E-state index contributed by atoms with van der Waals surface area (Å²) in [7, 11) is 3.24. The molecule has 0 fully saturated rings. The molecule has 2 aromatic carbocycles. The van der Waals surface area contributed by atoms with E-state index in [1.807, 2.05) is 30.3 Å². The number of anilines is 1. The number of aryl methyl sites for hydroxylation is 1. The highest BCUT2D eigenvalue weighted by Crippen LogP contribution is 2.36. The highest BCUT2D eigenvalue weighted by molar-refractivity contribution is 5.88. The Morgan fingerprint density at radius 2 is 1.75 bits per heavy atom. The lowest BCUT2D eigenvalue weighted by Gasteiger charge is -2.12. The molecular weight excluding hydrogens is 410 g/mol. The van der Waals surface area contributed by atoms with Crippen LogP contribution in [0.2, 0.25) is 0 Å². The molecule has 0 atom stereocenters. The Labute approximate surface area is 183 Å². The van der Waals surface area contributed by atoms with E-state index in [0.29, 0.717) is 34.2 Å². The van der Waals surface area contributed by atoms with Gasteiger partial charge in [-0.15, -0.1) is 0 Å². The first-order valence-electron chi connectivity index (χ1n) is 9.82. The number of benzene rings is 2. The maximum atomic E-state index is 12.7. The van der Waals surface area contributed by atoms with Gasteiger partial charge in [0.15, 0.2) is 0 Å². The molecule has 0 amide bonds. The number of hydrogen-bond acceptors (Lipinski definition) is 6. The summed E-state index contributed by atoms with van der Waals surface area (Å²) >= 11 is 0. The molecule has 9 heteroatoms. The van der Waals surface area contributed by atoms with Crippen molar-refractivity contribution in [1.82, 2.24) is 19.6 Å². The van der Waals surface area contributed by atoms with Crippen LogP contribution in [0.15, 0.2) is 71.5 Å². The van der Waals surface area contributed by atoms with Crippen molar-refractivity contribution in [2.45, 2.75) is 0 Å². The predicted molar refractivity (Wildman–Crippen MR) is 120 cm³/mol. The zero-order valence-electron chi connectivity index (χ0n) is 17.5. The van der Waals surface area contributed by atoms with E-state index in [1.54, 1.807) is 42.1 Å². The molecule has 0 aliphatic carbocycles. The number of carboxylic acid groups (broad SMARTS) is 1. The molecule has 0 bridgehead atoms. The Bertz CT molecular complexity index is 1330. The van der Waals surface area contributed by atoms with Gasteiger partial charge in [0, 0.05) is 18.7 Å². The number of hydrogen-bond donors (Lipinski definition) is 2. The second-order valence-corrected chi connectivity index (χ2v) is 6.95. The number of para-hydroxylation sites is 2. The quantitative estimate of drug-likeness (QED) is 0.463. The number of carbonyl (C=O) groups is 1. The van der Waals surface area contributed by atoms with Crippen molar-refractivity contribution in [3.05, 3.63) is 77.1 Å². The maximum Gasteiger partial charge on any atom is 0.322 e. The lowest BCUT2D eigenvalue weighted by atomic mass is 10.0. The predicted octanol–water partition coefficient (Wildman–Crippen LogP) is 2.81. The molecule has 0 spiro atoms. The first-order chi connectivity index (χ1) is 15.5. The van der Waals surface area contributed by atoms with Gasteiger partial charge in [0.1, 0.15) is 29.5 Å². The minimum Gasteiger partial charge on any atom is -0.494 e. The summed E-state index contributed by atoms with van der Waals surface area (Å²) in [6.07, 6.45) is 0. The number of aromatic nitrogens is 4. The highest BCUT2D eigenvalue weighted by Gasteiger charge is 2.22. The van der Waals surface area contributed by atoms with Crippen molar-refractivity contribution in [3.63, 3.8) is 0 Å². The van der Waals surface area contributed by atoms with Gasteiger partial charge in [0.2, 0.25) is 0 Å². The molecule has 0 radical (unpaired) electrons. The van der Waals surface area contributed by atoms with E-state index in [0.717, 1.165) is 5.56 Å². The van der Waals surface area contributed by atoms with Crippen molar-refractivity contribution < 1.29 is 14.6 Å². The standard InChI is InChI=1S/C23H21N5O4/c1-27-23(24-14-20(30)31)21(22(26-27)15-8-4-3-5-9-15)16-12-13-19(29)28(25-16)17-10-6-7-11-18(17)32-2/h3-13,24H,14H2,1-2H3,(H,30,31). The molecule has 0 unspecified atom stereocenters. The van der Waals surface area contributed by atoms with Crippen LogP contribution in [0.4, 0.5) is 5.82 Å². The molecule has 4 rings (SSSR count). The second kappa shape index (κ2) is 8.76. The van der Waals surface area contributed by atoms with Crippen LogP contribution < -0.4 is 15.6 Å². The largest absolute Gasteiger partial charge is 0.494 e. The third kappa shape index (κ3) is 3.95. The molecule has 0 saturated carbocycles. The van der Waals surface area contributed by atoms with Gasteiger partial charge < -0.3 is 15.2 Å². The van der Waals surface area contributed by atoms with Crippen LogP contribution in [0.1, 0.15) is 0 Å². The Morgan fingerprint density at radius 1 is 1.03 bits per heavy atom. The number of aliphatic carboxylic acids is 1. The van der Waals surface area contributed by atoms with Crippen LogP contribution in [0.25, 0.3) is 28.2 Å². The first-order valence-corrected chi connectivity index (χ1v) is 9.82. The molecular formula is C23H21N5O4. The van der Waals surface area contributed by atoms with Crippen molar-refractivity contribution in [1.29, 1.82) is 0 Å². The van der Waals surface area contributed by atoms with Crippen LogP contribution in [-0.4, -0.2) is 44.3 Å². The summed E-state index contributed by atoms with van der Waals surface area (Å²) in [5.74, 6) is -0.0349. The number of nitrogens with one attached hydrogen (secondary N) is 1. The molecule has 0 aliphatic heterocycles. The van der Waals surface area contributed by atoms with Crippen molar-refractivity contribution >= 4 is 11.8 Å². The van der Waals surface area contributed by atoms with E-state index in [-0.39, 0.29) is 12.1 Å². The zero-order valence-corrected chi connectivity index (χ0v) is 17.5. The molecule has 162 valence electrons. The van der Waals surface area contributed by atoms with Crippen LogP contribution in [0.3, 0.4) is 0 Å². The summed E-state index contributed by atoms with van der Waals surface area (Å²) in [4.78, 5) is 23.9. The summed E-state index contributed by atoms with van der Waals surface area (Å²) in [5, 5.41) is 21.3. The Morgan fingerprint density at radius 3 is 2.47 bits per heavy atom. The van der Waals surface area contributed by atoms with Crippen LogP contribution in [0.5, 0.6) is 5.75 Å². The minimum absolute atomic E-state index is 0.299. The molecule has 2 N–H and O–H groups in total. The van der Waals surface area contributed by atoms with E-state index in [2.05, 4.69) is 15.5 Å². The fourth-order valence-electron chi connectivity index (χ4n) is 3.45. The van der Waals surface area contributed by atoms with Gasteiger partial charge in [-0.25, -0.2) is 0 Å². The van der Waals surface area contributed by atoms with Crippen LogP contribution >= 0.6 is 0 Å². The topological polar surface area (TPSA) is 111 Å². The summed E-state index contributed by atoms with van der Waals surface area (Å²) in [6, 6.07) is 19.6. The van der Waals surface area contributed by atoms with Crippen molar-refractivity contribution in [2.75, 3.05) is 19.0 Å². The first kappa shape index (κ1) is 20.9. The number of ether oxygens (including phenoxy) is 1. The van der Waals surface area contributed by atoms with E-state index in [9.17, 15) is 14.7 Å². The third-order valence-electron chi connectivity index (χ3n) is 4.87. The van der Waals surface area contributed by atoms with Gasteiger partial charge in [-0.05, 0) is 18.2 Å². The normalized spacial score (nSPS) is 10.7. The summed E-state index contributed by atoms with van der Waals surface area (Å²) in [6.45, 7) is -0.299. The number of nitrogens with zero attached hydrogens (tertiary/aromatic N) is 4. The van der Waals surface area contributed by atoms with E-state index < -0.39 is 5.97 Å². The number of carboxylic acids is 1. The molecule has 2 aromatic heterocycles. The van der Waals surface area contributed by atoms with E-state index in [1.165, 1.54) is 17.9 Å². The Hall–Kier alpha value is -4.40. The second-order valence-electron chi connectivity index (χ2n) is 6.95. The lowest BCUT2D eigenvalue weighted by Crippen LogP contribution is -2.21. The highest BCUT2D eigenvalue weighted by atomic mass is 16.5. The number of methoxy groups -OCH3 is 1. The van der Waals surface area contributed by atoms with Gasteiger partial charge in [-0.2, -0.15) is 14.9 Å². The molecule has 32 heavy (non-hydrogen) atoms. The zero-order chi connectivity index (χ0) is 22.7. The monoisotopic (exact) mass is 431 g/mol. The van der Waals surface area contributed by atoms with Gasteiger partial charge in [-0.1, -0.05) is 42.5 Å². The lowest BCUT2D eigenvalue weighted by molar-refractivity contribution is -0.134. The van der Waals surface area contributed by atoms with Gasteiger partial charge in [0.25, 0.3) is 5.56 Å². The van der Waals surface area contributed by atoms with E-state index in [4.69, 9.17) is 4.74 Å². The Kier molecular flexibility index (Phi) is 5.71. The van der Waals surface area contributed by atoms with E-state index >= 15 is 0 Å². The minimum atomic E-state index is -1.01. The van der Waals surface area contributed by atoms with Crippen molar-refractivity contribution in [3.8, 4) is 34.0 Å². The fraction of sp³-hybridized carbons (Fsp3) is 0.130. The third-order valence-corrected chi connectivity index (χ3v) is 4.87. The molecule has 4 aromatic rings. The average Bonchev–Trinajstić information content (AvgIpc) is 3.14. The molecule has 0 saturated heterocycles. The smallest absolute Gasteiger partial charge is 0.322 e. The van der Waals surface area contributed by atoms with Crippen LogP contribution in [0, 0.1) is 0 Å². The van der Waals surface area contributed by atoms with Gasteiger partial charge in [-0.3, -0.25) is 14.3 Å². The fourth-order valence-corrected chi connectivity index (χ4v) is 3.45.